The largest absolute Gasteiger partial charge is 0.493 e. The number of rotatable bonds is 7. The fourth-order valence-corrected chi connectivity index (χ4v) is 5.12. The summed E-state index contributed by atoms with van der Waals surface area (Å²) in [5.41, 5.74) is 1.09. The van der Waals surface area contributed by atoms with Crippen molar-refractivity contribution in [3.05, 3.63) is 79.6 Å². The predicted octanol–water partition coefficient (Wildman–Crippen LogP) is 5.95. The number of hydrogen-bond acceptors (Lipinski definition) is 7. The van der Waals surface area contributed by atoms with Crippen molar-refractivity contribution in [2.24, 2.45) is 0 Å². The molecule has 1 aliphatic rings. The SMILES string of the molecule is CCCCOc1ccc(C2c3c(oc4ccc(Br)cc4c3=O)C(=O)N2c2nccs2)cc1OC. The van der Waals surface area contributed by atoms with Crippen molar-refractivity contribution in [3.8, 4) is 11.5 Å². The fraction of sp³-hybridized carbons (Fsp3) is 0.240. The molecule has 0 aliphatic carbocycles. The van der Waals surface area contributed by atoms with Gasteiger partial charge in [-0.15, -0.1) is 11.3 Å². The van der Waals surface area contributed by atoms with E-state index in [1.807, 2.05) is 12.1 Å². The molecule has 2 aromatic heterocycles. The van der Waals surface area contributed by atoms with Crippen LogP contribution in [0.2, 0.25) is 0 Å². The van der Waals surface area contributed by atoms with Crippen LogP contribution in [0.4, 0.5) is 5.13 Å². The van der Waals surface area contributed by atoms with Gasteiger partial charge in [-0.3, -0.25) is 14.5 Å². The maximum absolute atomic E-state index is 13.7. The molecular formula is C25H21BrN2O5S. The summed E-state index contributed by atoms with van der Waals surface area (Å²) in [5.74, 6) is 0.766. The number of benzene rings is 2. The van der Waals surface area contributed by atoms with Gasteiger partial charge in [-0.1, -0.05) is 35.3 Å². The Kier molecular flexibility index (Phi) is 6.14. The molecule has 0 bridgehead atoms. The molecule has 5 rings (SSSR count). The van der Waals surface area contributed by atoms with Crippen LogP contribution in [0, 0.1) is 0 Å². The number of thiazole rings is 1. The average Bonchev–Trinajstić information content (AvgIpc) is 3.46. The lowest BCUT2D eigenvalue weighted by Gasteiger charge is -2.23. The minimum absolute atomic E-state index is 0.0299. The first kappa shape index (κ1) is 22.6. The van der Waals surface area contributed by atoms with Crippen molar-refractivity contribution in [3.63, 3.8) is 0 Å². The highest BCUT2D eigenvalue weighted by atomic mass is 79.9. The summed E-state index contributed by atoms with van der Waals surface area (Å²) in [6.07, 6.45) is 3.57. The molecule has 7 nitrogen and oxygen atoms in total. The average molecular weight is 541 g/mol. The Balaban J connectivity index is 1.70. The van der Waals surface area contributed by atoms with Gasteiger partial charge in [0.15, 0.2) is 22.1 Å². The van der Waals surface area contributed by atoms with Gasteiger partial charge >= 0.3 is 0 Å². The maximum atomic E-state index is 13.7. The molecule has 1 aliphatic heterocycles. The van der Waals surface area contributed by atoms with E-state index in [0.717, 1.165) is 17.3 Å². The minimum Gasteiger partial charge on any atom is -0.493 e. The third-order valence-corrected chi connectivity index (χ3v) is 6.98. The lowest BCUT2D eigenvalue weighted by atomic mass is 9.98. The Morgan fingerprint density at radius 1 is 1.18 bits per heavy atom. The van der Waals surface area contributed by atoms with E-state index in [1.54, 1.807) is 43.0 Å². The summed E-state index contributed by atoms with van der Waals surface area (Å²) < 4.78 is 18.2. The van der Waals surface area contributed by atoms with Gasteiger partial charge in [0.25, 0.3) is 5.91 Å². The standard InChI is InChI=1S/C25H21BrN2O5S/c1-3-4-10-32-18-7-5-14(12-19(18)31-2)21-20-22(29)16-13-15(26)6-8-17(16)33-23(20)24(30)28(21)25-27-9-11-34-25/h5-9,11-13,21H,3-4,10H2,1-2H3. The molecule has 9 heteroatoms. The van der Waals surface area contributed by atoms with Crippen molar-refractivity contribution in [2.75, 3.05) is 18.6 Å². The summed E-state index contributed by atoms with van der Waals surface area (Å²) in [6.45, 7) is 2.67. The second kappa shape index (κ2) is 9.23. The van der Waals surface area contributed by atoms with Gasteiger partial charge in [0.2, 0.25) is 5.76 Å². The molecule has 0 N–H and O–H groups in total. The second-order valence-corrected chi connectivity index (χ2v) is 9.61. The van der Waals surface area contributed by atoms with Gasteiger partial charge in [0, 0.05) is 16.0 Å². The van der Waals surface area contributed by atoms with Crippen LogP contribution in [0.5, 0.6) is 11.5 Å². The highest BCUT2D eigenvalue weighted by molar-refractivity contribution is 9.10. The molecule has 174 valence electrons. The van der Waals surface area contributed by atoms with Gasteiger partial charge in [0.05, 0.1) is 30.7 Å². The third-order valence-electron chi connectivity index (χ3n) is 5.72. The number of hydrogen-bond donors (Lipinski definition) is 0. The quantitative estimate of drug-likeness (QED) is 0.269. The lowest BCUT2D eigenvalue weighted by molar-refractivity contribution is 0.0971. The molecule has 2 aromatic carbocycles. The van der Waals surface area contributed by atoms with E-state index >= 15 is 0 Å². The summed E-state index contributed by atoms with van der Waals surface area (Å²) in [5, 5.41) is 2.67. The summed E-state index contributed by atoms with van der Waals surface area (Å²) in [4.78, 5) is 33.1. The van der Waals surface area contributed by atoms with Crippen LogP contribution >= 0.6 is 27.3 Å². The van der Waals surface area contributed by atoms with Gasteiger partial charge in [-0.25, -0.2) is 4.98 Å². The molecule has 1 atom stereocenters. The number of halogens is 1. The first-order chi connectivity index (χ1) is 16.5. The summed E-state index contributed by atoms with van der Waals surface area (Å²) in [6, 6.07) is 9.91. The monoisotopic (exact) mass is 540 g/mol. The van der Waals surface area contributed by atoms with Crippen molar-refractivity contribution in [2.45, 2.75) is 25.8 Å². The van der Waals surface area contributed by atoms with Gasteiger partial charge < -0.3 is 13.9 Å². The smallest absolute Gasteiger partial charge is 0.297 e. The number of carbonyl (C=O) groups is 1. The molecule has 0 saturated carbocycles. The number of carbonyl (C=O) groups excluding carboxylic acids is 1. The Morgan fingerprint density at radius 2 is 2.03 bits per heavy atom. The number of fused-ring (bicyclic) bond motifs is 2. The number of amides is 1. The first-order valence-electron chi connectivity index (χ1n) is 10.8. The Hall–Kier alpha value is -3.17. The highest BCUT2D eigenvalue weighted by Crippen LogP contribution is 2.43. The zero-order chi connectivity index (χ0) is 23.8. The predicted molar refractivity (Wildman–Crippen MR) is 134 cm³/mol. The number of unbranched alkanes of at least 4 members (excludes halogenated alkanes) is 1. The van der Waals surface area contributed by atoms with Gasteiger partial charge in [-0.05, 0) is 42.3 Å². The van der Waals surface area contributed by atoms with Crippen molar-refractivity contribution in [1.82, 2.24) is 4.98 Å². The molecule has 1 unspecified atom stereocenters. The molecule has 4 aromatic rings. The van der Waals surface area contributed by atoms with Crippen molar-refractivity contribution in [1.29, 1.82) is 0 Å². The topological polar surface area (TPSA) is 81.9 Å². The number of aromatic nitrogens is 1. The van der Waals surface area contributed by atoms with Crippen LogP contribution in [-0.4, -0.2) is 24.6 Å². The Labute approximate surface area is 208 Å². The number of nitrogens with zero attached hydrogens (tertiary/aromatic N) is 2. The molecule has 0 spiro atoms. The van der Waals surface area contributed by atoms with Crippen LogP contribution in [0.25, 0.3) is 11.0 Å². The van der Waals surface area contributed by atoms with Crippen LogP contribution in [-0.2, 0) is 0 Å². The van der Waals surface area contributed by atoms with E-state index in [1.165, 1.54) is 16.2 Å². The normalized spacial score (nSPS) is 15.1. The van der Waals surface area contributed by atoms with Gasteiger partial charge in [0.1, 0.15) is 5.58 Å². The first-order valence-corrected chi connectivity index (χ1v) is 12.5. The Morgan fingerprint density at radius 3 is 2.76 bits per heavy atom. The fourth-order valence-electron chi connectivity index (χ4n) is 4.09. The molecule has 0 saturated heterocycles. The van der Waals surface area contributed by atoms with Crippen molar-refractivity contribution < 1.29 is 18.7 Å². The van der Waals surface area contributed by atoms with E-state index in [4.69, 9.17) is 13.9 Å². The lowest BCUT2D eigenvalue weighted by Crippen LogP contribution is -2.29. The van der Waals surface area contributed by atoms with E-state index in [2.05, 4.69) is 27.8 Å². The molecule has 0 radical (unpaired) electrons. The molecule has 34 heavy (non-hydrogen) atoms. The number of ether oxygens (including phenoxy) is 2. The zero-order valence-electron chi connectivity index (χ0n) is 18.5. The summed E-state index contributed by atoms with van der Waals surface area (Å²) >= 11 is 4.74. The van der Waals surface area contributed by atoms with Crippen LogP contribution in [0.15, 0.2) is 61.7 Å². The molecular weight excluding hydrogens is 520 g/mol. The molecule has 1 amide bonds. The molecule has 3 heterocycles. The maximum Gasteiger partial charge on any atom is 0.297 e. The number of methoxy groups -OCH3 is 1. The zero-order valence-corrected chi connectivity index (χ0v) is 20.9. The highest BCUT2D eigenvalue weighted by Gasteiger charge is 2.45. The van der Waals surface area contributed by atoms with Crippen molar-refractivity contribution >= 4 is 49.3 Å². The Bertz CT molecular complexity index is 1430. The van der Waals surface area contributed by atoms with Crippen LogP contribution < -0.4 is 19.8 Å². The van der Waals surface area contributed by atoms with E-state index in [-0.39, 0.29) is 16.8 Å². The van der Waals surface area contributed by atoms with Gasteiger partial charge in [-0.2, -0.15) is 0 Å². The van der Waals surface area contributed by atoms with E-state index < -0.39 is 11.9 Å². The molecule has 0 fully saturated rings. The number of anilines is 1. The summed E-state index contributed by atoms with van der Waals surface area (Å²) in [7, 11) is 1.57. The van der Waals surface area contributed by atoms with Crippen LogP contribution in [0.1, 0.15) is 47.5 Å². The van der Waals surface area contributed by atoms with E-state index in [9.17, 15) is 9.59 Å². The second-order valence-electron chi connectivity index (χ2n) is 7.82. The minimum atomic E-state index is -0.716. The van der Waals surface area contributed by atoms with E-state index in [0.29, 0.717) is 39.8 Å². The van der Waals surface area contributed by atoms with Crippen LogP contribution in [0.3, 0.4) is 0 Å². The third kappa shape index (κ3) is 3.78.